The summed E-state index contributed by atoms with van der Waals surface area (Å²) in [7, 11) is 0. The molecule has 2 heterocycles. The number of oxime groups is 1. The second-order valence-corrected chi connectivity index (χ2v) is 3.90. The van der Waals surface area contributed by atoms with Crippen LogP contribution >= 0.6 is 0 Å². The number of carbonyl (C=O) groups excluding carboxylic acids is 1. The molecule has 1 aliphatic heterocycles. The zero-order chi connectivity index (χ0) is 12.3. The summed E-state index contributed by atoms with van der Waals surface area (Å²) in [6.45, 7) is 1.08. The number of amides is 1. The maximum atomic E-state index is 12.0. The van der Waals surface area contributed by atoms with Gasteiger partial charge >= 0.3 is 0 Å². The van der Waals surface area contributed by atoms with Gasteiger partial charge in [0.05, 0.1) is 11.3 Å². The van der Waals surface area contributed by atoms with Gasteiger partial charge in [-0.05, 0) is 6.07 Å². The van der Waals surface area contributed by atoms with Crippen LogP contribution < -0.4 is 5.56 Å². The molecule has 1 fully saturated rings. The van der Waals surface area contributed by atoms with Crippen LogP contribution in [0.4, 0.5) is 0 Å². The standard InChI is InChI=1S/C11H13N3O3/c15-10-2-1-8(7-12-10)11(16)14-5-3-9(13-17)4-6-14/h1-2,7,17H,3-6H2,(H,12,15). The molecule has 2 N–H and O–H groups in total. The van der Waals surface area contributed by atoms with E-state index in [0.29, 0.717) is 31.5 Å². The normalized spacial score (nSPS) is 15.8. The van der Waals surface area contributed by atoms with Gasteiger partial charge in [-0.25, -0.2) is 0 Å². The maximum absolute atomic E-state index is 12.0. The first kappa shape index (κ1) is 11.4. The van der Waals surface area contributed by atoms with Gasteiger partial charge in [0.2, 0.25) is 5.56 Å². The summed E-state index contributed by atoms with van der Waals surface area (Å²) in [5.41, 5.74) is 0.958. The van der Waals surface area contributed by atoms with Crippen LogP contribution in [0.25, 0.3) is 0 Å². The molecule has 0 spiro atoms. The van der Waals surface area contributed by atoms with Crippen molar-refractivity contribution in [3.8, 4) is 0 Å². The molecule has 0 radical (unpaired) electrons. The SMILES string of the molecule is O=C(c1ccc(=O)[nH]c1)N1CCC(=NO)CC1. The Morgan fingerprint density at radius 1 is 1.35 bits per heavy atom. The molecule has 17 heavy (non-hydrogen) atoms. The molecule has 0 aliphatic carbocycles. The molecule has 0 atom stereocenters. The maximum Gasteiger partial charge on any atom is 0.255 e. The van der Waals surface area contributed by atoms with E-state index in [0.717, 1.165) is 5.71 Å². The van der Waals surface area contributed by atoms with Crippen molar-refractivity contribution in [1.29, 1.82) is 0 Å². The second kappa shape index (κ2) is 4.82. The van der Waals surface area contributed by atoms with E-state index in [9.17, 15) is 9.59 Å². The molecule has 1 saturated heterocycles. The lowest BCUT2D eigenvalue weighted by Gasteiger charge is -2.27. The Hall–Kier alpha value is -2.11. The Morgan fingerprint density at radius 2 is 2.06 bits per heavy atom. The zero-order valence-electron chi connectivity index (χ0n) is 9.22. The van der Waals surface area contributed by atoms with Gasteiger partial charge in [0.1, 0.15) is 0 Å². The van der Waals surface area contributed by atoms with Crippen LogP contribution in [0.5, 0.6) is 0 Å². The molecule has 1 aliphatic rings. The lowest BCUT2D eigenvalue weighted by molar-refractivity contribution is 0.0753. The Balaban J connectivity index is 2.06. The summed E-state index contributed by atoms with van der Waals surface area (Å²) < 4.78 is 0. The first-order valence-electron chi connectivity index (χ1n) is 5.38. The molecule has 90 valence electrons. The third-order valence-corrected chi connectivity index (χ3v) is 2.80. The molecule has 0 unspecified atom stereocenters. The van der Waals surface area contributed by atoms with Crippen molar-refractivity contribution in [2.75, 3.05) is 13.1 Å². The number of nitrogens with zero attached hydrogens (tertiary/aromatic N) is 2. The van der Waals surface area contributed by atoms with Gasteiger partial charge in [-0.15, -0.1) is 0 Å². The highest BCUT2D eigenvalue weighted by atomic mass is 16.4. The average Bonchev–Trinajstić information content (AvgIpc) is 2.39. The third-order valence-electron chi connectivity index (χ3n) is 2.80. The number of piperidine rings is 1. The summed E-state index contributed by atoms with van der Waals surface area (Å²) in [6.07, 6.45) is 2.59. The summed E-state index contributed by atoms with van der Waals surface area (Å²) in [5.74, 6) is -0.113. The predicted molar refractivity (Wildman–Crippen MR) is 61.4 cm³/mol. The molecule has 1 aromatic rings. The molecule has 1 amide bonds. The fourth-order valence-corrected chi connectivity index (χ4v) is 1.79. The van der Waals surface area contributed by atoms with Crippen LogP contribution in [-0.4, -0.2) is 39.8 Å². The highest BCUT2D eigenvalue weighted by Crippen LogP contribution is 2.10. The Labute approximate surface area is 97.6 Å². The Kier molecular flexibility index (Phi) is 3.22. The first-order chi connectivity index (χ1) is 8.20. The molecular weight excluding hydrogens is 222 g/mol. The van der Waals surface area contributed by atoms with Gasteiger partial charge in [0.25, 0.3) is 5.91 Å². The van der Waals surface area contributed by atoms with Gasteiger partial charge in [-0.1, -0.05) is 5.16 Å². The molecular formula is C11H13N3O3. The predicted octanol–water partition coefficient (Wildman–Crippen LogP) is 0.441. The Morgan fingerprint density at radius 3 is 2.59 bits per heavy atom. The fourth-order valence-electron chi connectivity index (χ4n) is 1.79. The number of nitrogens with one attached hydrogen (secondary N) is 1. The molecule has 0 aromatic carbocycles. The molecule has 6 nitrogen and oxygen atoms in total. The van der Waals surface area contributed by atoms with Crippen LogP contribution in [0.3, 0.4) is 0 Å². The van der Waals surface area contributed by atoms with E-state index in [1.165, 1.54) is 18.3 Å². The molecule has 6 heteroatoms. The van der Waals surface area contributed by atoms with E-state index in [-0.39, 0.29) is 11.5 Å². The summed E-state index contributed by atoms with van der Waals surface area (Å²) in [5, 5.41) is 11.8. The van der Waals surface area contributed by atoms with Crippen molar-refractivity contribution in [2.24, 2.45) is 5.16 Å². The zero-order valence-corrected chi connectivity index (χ0v) is 9.22. The third kappa shape index (κ3) is 2.52. The van der Waals surface area contributed by atoms with Gasteiger partial charge in [0, 0.05) is 38.2 Å². The van der Waals surface area contributed by atoms with Crippen molar-refractivity contribution in [1.82, 2.24) is 9.88 Å². The number of aromatic amines is 1. The molecule has 2 rings (SSSR count). The van der Waals surface area contributed by atoms with Crippen LogP contribution in [-0.2, 0) is 0 Å². The quantitative estimate of drug-likeness (QED) is 0.547. The highest BCUT2D eigenvalue weighted by Gasteiger charge is 2.21. The number of H-pyrrole nitrogens is 1. The summed E-state index contributed by atoms with van der Waals surface area (Å²) >= 11 is 0. The van der Waals surface area contributed by atoms with Crippen LogP contribution in [0.15, 0.2) is 28.3 Å². The summed E-state index contributed by atoms with van der Waals surface area (Å²) in [6, 6.07) is 2.84. The van der Waals surface area contributed by atoms with Crippen molar-refractivity contribution < 1.29 is 10.0 Å². The van der Waals surface area contributed by atoms with E-state index >= 15 is 0 Å². The molecule has 0 bridgehead atoms. The van der Waals surface area contributed by atoms with Gasteiger partial charge in [0.15, 0.2) is 0 Å². The number of aromatic nitrogens is 1. The van der Waals surface area contributed by atoms with Crippen LogP contribution in [0.1, 0.15) is 23.2 Å². The van der Waals surface area contributed by atoms with E-state index < -0.39 is 0 Å². The largest absolute Gasteiger partial charge is 0.411 e. The van der Waals surface area contributed by atoms with Gasteiger partial charge < -0.3 is 15.1 Å². The average molecular weight is 235 g/mol. The minimum atomic E-state index is -0.227. The van der Waals surface area contributed by atoms with E-state index in [1.54, 1.807) is 4.90 Å². The minimum absolute atomic E-state index is 0.113. The van der Waals surface area contributed by atoms with Crippen molar-refractivity contribution in [3.63, 3.8) is 0 Å². The van der Waals surface area contributed by atoms with Gasteiger partial charge in [-0.3, -0.25) is 9.59 Å². The summed E-state index contributed by atoms with van der Waals surface area (Å²) in [4.78, 5) is 27.0. The minimum Gasteiger partial charge on any atom is -0.411 e. The topological polar surface area (TPSA) is 85.8 Å². The second-order valence-electron chi connectivity index (χ2n) is 3.90. The smallest absolute Gasteiger partial charge is 0.255 e. The fraction of sp³-hybridized carbons (Fsp3) is 0.364. The highest BCUT2D eigenvalue weighted by molar-refractivity contribution is 5.95. The van der Waals surface area contributed by atoms with Crippen LogP contribution in [0, 0.1) is 0 Å². The lowest BCUT2D eigenvalue weighted by Crippen LogP contribution is -2.38. The molecule has 1 aromatic heterocycles. The number of carbonyl (C=O) groups is 1. The number of hydrogen-bond donors (Lipinski definition) is 2. The first-order valence-corrected chi connectivity index (χ1v) is 5.38. The molecule has 0 saturated carbocycles. The van der Waals surface area contributed by atoms with Gasteiger partial charge in [-0.2, -0.15) is 0 Å². The number of rotatable bonds is 1. The number of likely N-dealkylation sites (tertiary alicyclic amines) is 1. The van der Waals surface area contributed by atoms with E-state index in [4.69, 9.17) is 5.21 Å². The van der Waals surface area contributed by atoms with Crippen LogP contribution in [0.2, 0.25) is 0 Å². The number of pyridine rings is 1. The number of hydrogen-bond acceptors (Lipinski definition) is 4. The van der Waals surface area contributed by atoms with E-state index in [2.05, 4.69) is 10.1 Å². The van der Waals surface area contributed by atoms with Crippen molar-refractivity contribution in [2.45, 2.75) is 12.8 Å². The van der Waals surface area contributed by atoms with E-state index in [1.807, 2.05) is 0 Å². The lowest BCUT2D eigenvalue weighted by atomic mass is 10.1. The monoisotopic (exact) mass is 235 g/mol. The Bertz CT molecular complexity index is 476. The van der Waals surface area contributed by atoms with Crippen molar-refractivity contribution in [3.05, 3.63) is 34.2 Å². The van der Waals surface area contributed by atoms with Crippen molar-refractivity contribution >= 4 is 11.6 Å².